The van der Waals surface area contributed by atoms with Crippen LogP contribution in [-0.2, 0) is 5.54 Å². The van der Waals surface area contributed by atoms with Crippen LogP contribution in [0, 0.1) is 5.82 Å². The molecule has 0 saturated heterocycles. The highest BCUT2D eigenvalue weighted by Crippen LogP contribution is 2.39. The third-order valence-corrected chi connectivity index (χ3v) is 4.43. The van der Waals surface area contributed by atoms with Crippen LogP contribution in [0.25, 0.3) is 0 Å². The molecule has 0 unspecified atom stereocenters. The zero-order chi connectivity index (χ0) is 14.9. The summed E-state index contributed by atoms with van der Waals surface area (Å²) in [5, 5.41) is 3.08. The monoisotopic (exact) mass is 351 g/mol. The molecule has 1 amide bonds. The molecule has 0 radical (unpaired) electrons. The maximum Gasteiger partial charge on any atom is 0.287 e. The molecular weight excluding hydrogens is 337 g/mol. The molecule has 1 aliphatic rings. The van der Waals surface area contributed by atoms with E-state index in [-0.39, 0.29) is 17.5 Å². The largest absolute Gasteiger partial charge is 0.444 e. The van der Waals surface area contributed by atoms with Gasteiger partial charge < -0.3 is 9.73 Å². The number of benzene rings is 1. The number of amides is 1. The van der Waals surface area contributed by atoms with Crippen molar-refractivity contribution in [2.24, 2.45) is 0 Å². The average Bonchev–Trinajstić information content (AvgIpc) is 3.09. The van der Waals surface area contributed by atoms with E-state index in [1.165, 1.54) is 12.1 Å². The summed E-state index contributed by atoms with van der Waals surface area (Å²) in [5.74, 6) is -0.240. The second-order valence-electron chi connectivity index (χ2n) is 5.35. The van der Waals surface area contributed by atoms with Gasteiger partial charge in [0.2, 0.25) is 0 Å². The summed E-state index contributed by atoms with van der Waals surface area (Å²) in [6.07, 6.45) is 3.79. The molecule has 1 heterocycles. The molecule has 1 fully saturated rings. The lowest BCUT2D eigenvalue weighted by Crippen LogP contribution is -2.43. The highest BCUT2D eigenvalue weighted by molar-refractivity contribution is 9.10. The van der Waals surface area contributed by atoms with Crippen LogP contribution in [0.1, 0.15) is 41.8 Å². The van der Waals surface area contributed by atoms with Crippen molar-refractivity contribution in [3.8, 4) is 0 Å². The number of furan rings is 1. The Labute approximate surface area is 130 Å². The lowest BCUT2D eigenvalue weighted by atomic mass is 9.88. The van der Waals surface area contributed by atoms with Crippen LogP contribution in [0.5, 0.6) is 0 Å². The van der Waals surface area contributed by atoms with Crippen LogP contribution in [0.4, 0.5) is 4.39 Å². The summed E-state index contributed by atoms with van der Waals surface area (Å²) in [5.41, 5.74) is 0.518. The molecule has 1 saturated carbocycles. The van der Waals surface area contributed by atoms with Gasteiger partial charge in [0.1, 0.15) is 5.82 Å². The second-order valence-corrected chi connectivity index (χ2v) is 6.14. The summed E-state index contributed by atoms with van der Waals surface area (Å²) in [6, 6.07) is 9.69. The van der Waals surface area contributed by atoms with Crippen LogP contribution >= 0.6 is 15.9 Å². The van der Waals surface area contributed by atoms with E-state index in [1.807, 2.05) is 0 Å². The topological polar surface area (TPSA) is 42.2 Å². The number of hydrogen-bond acceptors (Lipinski definition) is 2. The molecule has 0 spiro atoms. The minimum absolute atomic E-state index is 0.244. The zero-order valence-corrected chi connectivity index (χ0v) is 13.0. The predicted octanol–water partition coefficient (Wildman–Crippen LogP) is 4.38. The predicted molar refractivity (Wildman–Crippen MR) is 80.4 cm³/mol. The maximum absolute atomic E-state index is 13.1. The fraction of sp³-hybridized carbons (Fsp3) is 0.312. The first-order chi connectivity index (χ1) is 10.1. The van der Waals surface area contributed by atoms with E-state index in [0.717, 1.165) is 31.2 Å². The molecule has 1 N–H and O–H groups in total. The van der Waals surface area contributed by atoms with Crippen molar-refractivity contribution < 1.29 is 13.6 Å². The Kier molecular flexibility index (Phi) is 3.85. The first kappa shape index (κ1) is 14.3. The minimum atomic E-state index is -0.427. The third-order valence-electron chi connectivity index (χ3n) is 4.00. The van der Waals surface area contributed by atoms with Crippen molar-refractivity contribution in [2.45, 2.75) is 31.2 Å². The van der Waals surface area contributed by atoms with Gasteiger partial charge in [-0.05, 0) is 58.6 Å². The molecule has 0 aliphatic heterocycles. The quantitative estimate of drug-likeness (QED) is 0.891. The van der Waals surface area contributed by atoms with Gasteiger partial charge in [-0.3, -0.25) is 4.79 Å². The minimum Gasteiger partial charge on any atom is -0.444 e. The lowest BCUT2D eigenvalue weighted by Gasteiger charge is -2.30. The highest BCUT2D eigenvalue weighted by atomic mass is 79.9. The number of hydrogen-bond donors (Lipinski definition) is 1. The van der Waals surface area contributed by atoms with E-state index in [0.29, 0.717) is 4.67 Å². The van der Waals surface area contributed by atoms with Crippen molar-refractivity contribution >= 4 is 21.8 Å². The average molecular weight is 352 g/mol. The Bertz CT molecular complexity index is 645. The Morgan fingerprint density at radius 1 is 1.14 bits per heavy atom. The number of rotatable bonds is 3. The molecule has 0 atom stereocenters. The van der Waals surface area contributed by atoms with Crippen molar-refractivity contribution in [1.82, 2.24) is 5.32 Å². The number of carbonyl (C=O) groups is 1. The van der Waals surface area contributed by atoms with E-state index in [1.54, 1.807) is 24.3 Å². The first-order valence-electron chi connectivity index (χ1n) is 6.93. The molecule has 1 aromatic carbocycles. The van der Waals surface area contributed by atoms with Gasteiger partial charge in [-0.2, -0.15) is 0 Å². The summed E-state index contributed by atoms with van der Waals surface area (Å²) in [6.45, 7) is 0. The molecular formula is C16H15BrFNO2. The first-order valence-corrected chi connectivity index (χ1v) is 7.72. The smallest absolute Gasteiger partial charge is 0.287 e. The highest BCUT2D eigenvalue weighted by Gasteiger charge is 2.37. The molecule has 2 aromatic rings. The van der Waals surface area contributed by atoms with Gasteiger partial charge in [0, 0.05) is 0 Å². The van der Waals surface area contributed by atoms with Crippen LogP contribution in [0.2, 0.25) is 0 Å². The summed E-state index contributed by atoms with van der Waals surface area (Å²) in [7, 11) is 0. The van der Waals surface area contributed by atoms with Crippen LogP contribution in [-0.4, -0.2) is 5.91 Å². The molecule has 110 valence electrons. The van der Waals surface area contributed by atoms with Gasteiger partial charge in [0.15, 0.2) is 10.4 Å². The normalized spacial score (nSPS) is 16.9. The third kappa shape index (κ3) is 2.88. The second kappa shape index (κ2) is 5.64. The van der Waals surface area contributed by atoms with Crippen molar-refractivity contribution in [3.05, 3.63) is 58.2 Å². The fourth-order valence-electron chi connectivity index (χ4n) is 2.95. The van der Waals surface area contributed by atoms with E-state index in [9.17, 15) is 9.18 Å². The maximum atomic E-state index is 13.1. The fourth-order valence-corrected chi connectivity index (χ4v) is 3.26. The van der Waals surface area contributed by atoms with Crippen molar-refractivity contribution in [2.75, 3.05) is 0 Å². The van der Waals surface area contributed by atoms with E-state index in [4.69, 9.17) is 4.42 Å². The van der Waals surface area contributed by atoms with E-state index in [2.05, 4.69) is 21.2 Å². The molecule has 3 rings (SSSR count). The Hall–Kier alpha value is -1.62. The molecule has 5 heteroatoms. The number of nitrogens with one attached hydrogen (secondary N) is 1. The van der Waals surface area contributed by atoms with Gasteiger partial charge >= 0.3 is 0 Å². The number of halogens is 2. The molecule has 3 nitrogen and oxygen atoms in total. The van der Waals surface area contributed by atoms with Gasteiger partial charge in [-0.15, -0.1) is 0 Å². The van der Waals surface area contributed by atoms with Crippen molar-refractivity contribution in [3.63, 3.8) is 0 Å². The van der Waals surface area contributed by atoms with E-state index >= 15 is 0 Å². The van der Waals surface area contributed by atoms with Gasteiger partial charge in [-0.1, -0.05) is 25.0 Å². The molecule has 0 bridgehead atoms. The zero-order valence-electron chi connectivity index (χ0n) is 11.4. The molecule has 1 aliphatic carbocycles. The van der Waals surface area contributed by atoms with Crippen LogP contribution in [0.3, 0.4) is 0 Å². The Balaban J connectivity index is 1.87. The van der Waals surface area contributed by atoms with E-state index < -0.39 is 5.54 Å². The van der Waals surface area contributed by atoms with Crippen molar-refractivity contribution in [1.29, 1.82) is 0 Å². The Morgan fingerprint density at radius 2 is 1.81 bits per heavy atom. The summed E-state index contributed by atoms with van der Waals surface area (Å²) in [4.78, 5) is 12.4. The Morgan fingerprint density at radius 3 is 2.38 bits per heavy atom. The van der Waals surface area contributed by atoms with Gasteiger partial charge in [0.25, 0.3) is 5.91 Å². The molecule has 1 aromatic heterocycles. The van der Waals surface area contributed by atoms with Crippen LogP contribution < -0.4 is 5.32 Å². The summed E-state index contributed by atoms with van der Waals surface area (Å²) < 4.78 is 18.9. The number of carbonyl (C=O) groups excluding carboxylic acids is 1. The standard InChI is InChI=1S/C16H15BrFNO2/c17-14-8-7-13(21-14)15(20)19-16(9-1-2-10-16)11-3-5-12(18)6-4-11/h3-8H,1-2,9-10H2,(H,19,20). The summed E-state index contributed by atoms with van der Waals surface area (Å²) >= 11 is 3.19. The SMILES string of the molecule is O=C(NC1(c2ccc(F)cc2)CCCC1)c1ccc(Br)o1. The molecule has 21 heavy (non-hydrogen) atoms. The van der Waals surface area contributed by atoms with Crippen LogP contribution in [0.15, 0.2) is 45.5 Å². The van der Waals surface area contributed by atoms with Gasteiger partial charge in [0.05, 0.1) is 5.54 Å². The van der Waals surface area contributed by atoms with Gasteiger partial charge in [-0.25, -0.2) is 4.39 Å². The lowest BCUT2D eigenvalue weighted by molar-refractivity contribution is 0.0868.